The van der Waals surface area contributed by atoms with E-state index in [1.54, 1.807) is 18.2 Å². The van der Waals surface area contributed by atoms with Crippen LogP contribution in [0.4, 0.5) is 13.2 Å². The molecule has 0 aliphatic heterocycles. The first-order valence-electron chi connectivity index (χ1n) is 9.22. The molecule has 33 heavy (non-hydrogen) atoms. The van der Waals surface area contributed by atoms with Crippen LogP contribution in [0.25, 0.3) is 0 Å². The van der Waals surface area contributed by atoms with Gasteiger partial charge < -0.3 is 9.57 Å². The number of nitrogens with one attached hydrogen (secondary N) is 1. The number of alkyl halides is 3. The summed E-state index contributed by atoms with van der Waals surface area (Å²) in [6.45, 7) is 1.51. The lowest BCUT2D eigenvalue weighted by Crippen LogP contribution is -2.12. The van der Waals surface area contributed by atoms with Crippen molar-refractivity contribution in [3.63, 3.8) is 0 Å². The smallest absolute Gasteiger partial charge is 0.417 e. The SMILES string of the molecule is C/C(=N\OCc1cccc(Oc2ccccc2)c1)c1cc(Cl)ccc1C(F)(F)F.N=S(=O)=O. The maximum absolute atomic E-state index is 13.2. The summed E-state index contributed by atoms with van der Waals surface area (Å²) in [5.74, 6) is 1.31. The molecule has 0 unspecified atom stereocenters. The van der Waals surface area contributed by atoms with Gasteiger partial charge in [-0.15, -0.1) is 0 Å². The van der Waals surface area contributed by atoms with Gasteiger partial charge in [0.1, 0.15) is 18.1 Å². The molecule has 0 aliphatic rings. The minimum absolute atomic E-state index is 0.0746. The average Bonchev–Trinajstić information content (AvgIpc) is 2.73. The van der Waals surface area contributed by atoms with Crippen LogP contribution in [0.1, 0.15) is 23.6 Å². The van der Waals surface area contributed by atoms with Crippen molar-refractivity contribution in [2.45, 2.75) is 19.7 Å². The molecular formula is C22H18ClF3N2O4S. The molecule has 0 aliphatic carbocycles. The van der Waals surface area contributed by atoms with Crippen molar-refractivity contribution >= 4 is 27.8 Å². The molecule has 0 bridgehead atoms. The van der Waals surface area contributed by atoms with Gasteiger partial charge in [0.05, 0.1) is 11.3 Å². The van der Waals surface area contributed by atoms with E-state index < -0.39 is 22.2 Å². The second-order valence-electron chi connectivity index (χ2n) is 6.44. The molecule has 1 N–H and O–H groups in total. The van der Waals surface area contributed by atoms with Crippen LogP contribution in [-0.2, 0) is 28.1 Å². The minimum Gasteiger partial charge on any atom is -0.457 e. The van der Waals surface area contributed by atoms with Crippen LogP contribution in [0.2, 0.25) is 5.02 Å². The number of ether oxygens (including phenoxy) is 1. The zero-order valence-electron chi connectivity index (χ0n) is 17.1. The first-order chi connectivity index (χ1) is 15.6. The van der Waals surface area contributed by atoms with Crippen molar-refractivity contribution in [2.75, 3.05) is 0 Å². The summed E-state index contributed by atoms with van der Waals surface area (Å²) < 4.78 is 68.2. The molecule has 0 fully saturated rings. The highest BCUT2D eigenvalue weighted by molar-refractivity contribution is 7.60. The molecule has 3 aromatic rings. The normalized spacial score (nSPS) is 11.2. The fourth-order valence-corrected chi connectivity index (χ4v) is 2.81. The molecule has 3 rings (SSSR count). The van der Waals surface area contributed by atoms with Gasteiger partial charge in [-0.25, -0.2) is 0 Å². The predicted molar refractivity (Wildman–Crippen MR) is 118 cm³/mol. The summed E-state index contributed by atoms with van der Waals surface area (Å²) in [5.41, 5.74) is -0.0928. The average molecular weight is 499 g/mol. The van der Waals surface area contributed by atoms with Crippen molar-refractivity contribution in [1.82, 2.24) is 0 Å². The highest BCUT2D eigenvalue weighted by Gasteiger charge is 2.34. The number of para-hydroxylation sites is 1. The number of oxime groups is 1. The highest BCUT2D eigenvalue weighted by atomic mass is 35.5. The Hall–Kier alpha value is -3.37. The molecular weight excluding hydrogens is 481 g/mol. The van der Waals surface area contributed by atoms with Crippen LogP contribution in [0.5, 0.6) is 11.5 Å². The van der Waals surface area contributed by atoms with E-state index in [0.29, 0.717) is 11.5 Å². The molecule has 0 amide bonds. The number of hydrogen-bond donors (Lipinski definition) is 1. The van der Waals surface area contributed by atoms with Gasteiger partial charge in [0.15, 0.2) is 0 Å². The molecule has 0 radical (unpaired) electrons. The minimum atomic E-state index is -4.51. The van der Waals surface area contributed by atoms with E-state index in [4.69, 9.17) is 34.4 Å². The number of hydrogen-bond acceptors (Lipinski definition) is 6. The summed E-state index contributed by atoms with van der Waals surface area (Å²) in [6.07, 6.45) is -4.51. The van der Waals surface area contributed by atoms with Crippen LogP contribution in [0.15, 0.2) is 78.0 Å². The van der Waals surface area contributed by atoms with Gasteiger partial charge in [0.2, 0.25) is 0 Å². The fraction of sp³-hybridized carbons (Fsp3) is 0.136. The third-order valence-electron chi connectivity index (χ3n) is 3.99. The summed E-state index contributed by atoms with van der Waals surface area (Å²) in [7, 11) is -2.61. The Labute approximate surface area is 194 Å². The zero-order chi connectivity index (χ0) is 24.4. The van der Waals surface area contributed by atoms with Crippen LogP contribution in [0, 0.1) is 4.78 Å². The maximum atomic E-state index is 13.2. The Balaban J connectivity index is 0.000000890. The van der Waals surface area contributed by atoms with E-state index >= 15 is 0 Å². The molecule has 0 aromatic heterocycles. The quantitative estimate of drug-likeness (QED) is 0.302. The summed E-state index contributed by atoms with van der Waals surface area (Å²) >= 11 is 5.85. The summed E-state index contributed by atoms with van der Waals surface area (Å²) in [6, 6.07) is 19.8. The van der Waals surface area contributed by atoms with Crippen LogP contribution in [-0.4, -0.2) is 14.1 Å². The van der Waals surface area contributed by atoms with Crippen molar-refractivity contribution in [1.29, 1.82) is 4.78 Å². The first kappa shape index (κ1) is 25.9. The number of halogens is 4. The van der Waals surface area contributed by atoms with Gasteiger partial charge in [-0.3, -0.25) is 0 Å². The molecule has 6 nitrogen and oxygen atoms in total. The predicted octanol–water partition coefficient (Wildman–Crippen LogP) is 6.72. The maximum Gasteiger partial charge on any atom is 0.417 e. The molecule has 0 saturated carbocycles. The molecule has 174 valence electrons. The monoisotopic (exact) mass is 498 g/mol. The number of benzene rings is 3. The van der Waals surface area contributed by atoms with Crippen molar-refractivity contribution in [3.05, 3.63) is 94.5 Å². The molecule has 0 saturated heterocycles. The summed E-state index contributed by atoms with van der Waals surface area (Å²) in [4.78, 5) is 5.27. The third kappa shape index (κ3) is 8.95. The Bertz CT molecular complexity index is 1210. The molecule has 11 heteroatoms. The van der Waals surface area contributed by atoms with Gasteiger partial charge in [0.25, 0.3) is 0 Å². The van der Waals surface area contributed by atoms with E-state index in [1.165, 1.54) is 19.1 Å². The van der Waals surface area contributed by atoms with Crippen LogP contribution < -0.4 is 4.74 Å². The lowest BCUT2D eigenvalue weighted by molar-refractivity contribution is -0.137. The van der Waals surface area contributed by atoms with E-state index in [1.807, 2.05) is 36.4 Å². The highest BCUT2D eigenvalue weighted by Crippen LogP contribution is 2.33. The Kier molecular flexibility index (Phi) is 9.43. The second kappa shape index (κ2) is 12.0. The Morgan fingerprint density at radius 2 is 1.64 bits per heavy atom. The van der Waals surface area contributed by atoms with Crippen LogP contribution >= 0.6 is 11.6 Å². The second-order valence-corrected chi connectivity index (χ2v) is 7.34. The summed E-state index contributed by atoms with van der Waals surface area (Å²) in [5, 5.41) is 4.02. The molecule has 0 spiro atoms. The topological polar surface area (TPSA) is 88.8 Å². The Morgan fingerprint density at radius 3 is 2.27 bits per heavy atom. The largest absolute Gasteiger partial charge is 0.457 e. The van der Waals surface area contributed by atoms with E-state index in [2.05, 4.69) is 5.16 Å². The first-order valence-corrected chi connectivity index (χ1v) is 10.7. The molecule has 0 atom stereocenters. The standard InChI is InChI=1S/C22H17ClF3NO2.HNO2S/c1-15(20-13-17(23)10-11-21(20)22(24,25)26)27-28-14-16-6-5-9-19(12-16)29-18-7-3-2-4-8-18;1-4(2)3/h2-13H,14H2,1H3;1H/b27-15+;. The molecule has 0 heterocycles. The third-order valence-corrected chi connectivity index (χ3v) is 4.22. The van der Waals surface area contributed by atoms with E-state index in [0.717, 1.165) is 11.6 Å². The van der Waals surface area contributed by atoms with Crippen molar-refractivity contribution < 1.29 is 31.2 Å². The van der Waals surface area contributed by atoms with Gasteiger partial charge >= 0.3 is 16.7 Å². The van der Waals surface area contributed by atoms with E-state index in [-0.39, 0.29) is 22.9 Å². The van der Waals surface area contributed by atoms with E-state index in [9.17, 15) is 13.2 Å². The lowest BCUT2D eigenvalue weighted by Gasteiger charge is -2.13. The van der Waals surface area contributed by atoms with Crippen molar-refractivity contribution in [2.24, 2.45) is 5.16 Å². The van der Waals surface area contributed by atoms with Gasteiger partial charge in [-0.1, -0.05) is 47.1 Å². The zero-order valence-corrected chi connectivity index (χ0v) is 18.7. The molecule has 3 aromatic carbocycles. The van der Waals surface area contributed by atoms with Gasteiger partial charge in [-0.2, -0.15) is 26.4 Å². The number of nitrogens with zero attached hydrogens (tertiary/aromatic N) is 1. The van der Waals surface area contributed by atoms with Crippen molar-refractivity contribution in [3.8, 4) is 11.5 Å². The fourth-order valence-electron chi connectivity index (χ4n) is 2.64. The Morgan fingerprint density at radius 1 is 1.00 bits per heavy atom. The van der Waals surface area contributed by atoms with Crippen LogP contribution in [0.3, 0.4) is 0 Å². The lowest BCUT2D eigenvalue weighted by atomic mass is 10.0. The van der Waals surface area contributed by atoms with Gasteiger partial charge in [0, 0.05) is 10.6 Å². The van der Waals surface area contributed by atoms with Gasteiger partial charge in [-0.05, 0) is 55.0 Å². The number of rotatable bonds is 6.